The summed E-state index contributed by atoms with van der Waals surface area (Å²) in [6.45, 7) is 4.36. The fourth-order valence-electron chi connectivity index (χ4n) is 3.98. The second kappa shape index (κ2) is 9.17. The van der Waals surface area contributed by atoms with Crippen LogP contribution in [0, 0.1) is 11.8 Å². The minimum atomic E-state index is -3.75. The van der Waals surface area contributed by atoms with Crippen molar-refractivity contribution in [2.45, 2.75) is 24.3 Å². The van der Waals surface area contributed by atoms with Crippen molar-refractivity contribution in [1.29, 1.82) is 0 Å². The molecule has 1 unspecified atom stereocenters. The molecule has 0 aromatic heterocycles. The first kappa shape index (κ1) is 22.1. The summed E-state index contributed by atoms with van der Waals surface area (Å²) in [6.07, 6.45) is 0.791. The van der Waals surface area contributed by atoms with Crippen molar-refractivity contribution < 1.29 is 13.2 Å². The SMILES string of the molecule is CC(c1ccc(S(N)(=O)=O)cc1)N1CNC2=C(CN(CC#Cc3ccccc3)CC2)C1=O. The van der Waals surface area contributed by atoms with E-state index in [9.17, 15) is 13.2 Å². The number of rotatable bonds is 4. The first-order valence-electron chi connectivity index (χ1n) is 10.5. The summed E-state index contributed by atoms with van der Waals surface area (Å²) in [5.41, 5.74) is 3.61. The van der Waals surface area contributed by atoms with Crippen molar-refractivity contribution >= 4 is 15.9 Å². The predicted octanol–water partition coefficient (Wildman–Crippen LogP) is 1.80. The molecule has 2 aliphatic rings. The van der Waals surface area contributed by atoms with E-state index in [1.807, 2.05) is 37.3 Å². The number of primary sulfonamides is 1. The third-order valence-corrected chi connectivity index (χ3v) is 6.80. The van der Waals surface area contributed by atoms with Crippen LogP contribution in [0.4, 0.5) is 0 Å². The Morgan fingerprint density at radius 3 is 2.53 bits per heavy atom. The molecule has 0 fully saturated rings. The van der Waals surface area contributed by atoms with Crippen LogP contribution in [-0.2, 0) is 14.8 Å². The highest BCUT2D eigenvalue weighted by atomic mass is 32.2. The number of nitrogens with two attached hydrogens (primary N) is 1. The Morgan fingerprint density at radius 1 is 1.12 bits per heavy atom. The van der Waals surface area contributed by atoms with Gasteiger partial charge in [0.1, 0.15) is 0 Å². The van der Waals surface area contributed by atoms with E-state index >= 15 is 0 Å². The summed E-state index contributed by atoms with van der Waals surface area (Å²) in [5.74, 6) is 6.38. The smallest absolute Gasteiger partial charge is 0.254 e. The second-order valence-electron chi connectivity index (χ2n) is 7.99. The zero-order chi connectivity index (χ0) is 22.7. The minimum Gasteiger partial charge on any atom is -0.371 e. The maximum atomic E-state index is 13.3. The summed E-state index contributed by atoms with van der Waals surface area (Å²) in [6, 6.07) is 16.0. The summed E-state index contributed by atoms with van der Waals surface area (Å²) < 4.78 is 23.0. The van der Waals surface area contributed by atoms with E-state index in [1.165, 1.54) is 12.1 Å². The predicted molar refractivity (Wildman–Crippen MR) is 122 cm³/mol. The quantitative estimate of drug-likeness (QED) is 0.693. The molecule has 0 saturated heterocycles. The lowest BCUT2D eigenvalue weighted by molar-refractivity contribution is -0.131. The molecule has 1 amide bonds. The molecular weight excluding hydrogens is 424 g/mol. The van der Waals surface area contributed by atoms with Crippen LogP contribution in [0.25, 0.3) is 0 Å². The highest BCUT2D eigenvalue weighted by molar-refractivity contribution is 7.89. The largest absolute Gasteiger partial charge is 0.371 e. The zero-order valence-electron chi connectivity index (χ0n) is 17.9. The van der Waals surface area contributed by atoms with Crippen molar-refractivity contribution in [2.75, 3.05) is 26.3 Å². The Morgan fingerprint density at radius 2 is 1.84 bits per heavy atom. The van der Waals surface area contributed by atoms with Crippen LogP contribution in [0.3, 0.4) is 0 Å². The molecule has 0 bridgehead atoms. The van der Waals surface area contributed by atoms with Gasteiger partial charge in [-0.25, -0.2) is 13.6 Å². The molecule has 0 saturated carbocycles. The van der Waals surface area contributed by atoms with E-state index < -0.39 is 10.0 Å². The lowest BCUT2D eigenvalue weighted by atomic mass is 10.00. The average molecular weight is 451 g/mol. The monoisotopic (exact) mass is 450 g/mol. The van der Waals surface area contributed by atoms with Gasteiger partial charge in [-0.2, -0.15) is 0 Å². The fraction of sp³-hybridized carbons (Fsp3) is 0.292. The van der Waals surface area contributed by atoms with E-state index in [4.69, 9.17) is 5.14 Å². The number of sulfonamides is 1. The number of nitrogens with one attached hydrogen (secondary N) is 1. The molecule has 8 heteroatoms. The molecule has 1 atom stereocenters. The van der Waals surface area contributed by atoms with E-state index in [0.717, 1.165) is 35.4 Å². The topological polar surface area (TPSA) is 95.7 Å². The van der Waals surface area contributed by atoms with Crippen LogP contribution >= 0.6 is 0 Å². The van der Waals surface area contributed by atoms with Gasteiger partial charge in [0.15, 0.2) is 0 Å². The van der Waals surface area contributed by atoms with E-state index in [2.05, 4.69) is 22.1 Å². The Kier molecular flexibility index (Phi) is 6.33. The molecule has 0 radical (unpaired) electrons. The Labute approximate surface area is 188 Å². The van der Waals surface area contributed by atoms with Crippen LogP contribution in [0.1, 0.15) is 30.5 Å². The fourth-order valence-corrected chi connectivity index (χ4v) is 4.49. The first-order valence-corrected chi connectivity index (χ1v) is 12.0. The number of hydrogen-bond acceptors (Lipinski definition) is 5. The number of nitrogens with zero attached hydrogens (tertiary/aromatic N) is 2. The van der Waals surface area contributed by atoms with E-state index in [0.29, 0.717) is 19.8 Å². The third-order valence-electron chi connectivity index (χ3n) is 5.87. The van der Waals surface area contributed by atoms with Gasteiger partial charge in [0.05, 0.1) is 29.7 Å². The number of amides is 1. The molecule has 2 aliphatic heterocycles. The lowest BCUT2D eigenvalue weighted by Gasteiger charge is -2.39. The van der Waals surface area contributed by atoms with Crippen LogP contribution in [0.2, 0.25) is 0 Å². The van der Waals surface area contributed by atoms with Crippen molar-refractivity contribution in [1.82, 2.24) is 15.1 Å². The average Bonchev–Trinajstić information content (AvgIpc) is 2.79. The Balaban J connectivity index is 1.44. The number of hydrogen-bond donors (Lipinski definition) is 2. The molecule has 7 nitrogen and oxygen atoms in total. The molecule has 0 aliphatic carbocycles. The second-order valence-corrected chi connectivity index (χ2v) is 9.55. The van der Waals surface area contributed by atoms with Crippen LogP contribution in [-0.4, -0.2) is 50.4 Å². The van der Waals surface area contributed by atoms with Crippen LogP contribution < -0.4 is 10.5 Å². The molecule has 4 rings (SSSR count). The molecule has 2 heterocycles. The van der Waals surface area contributed by atoms with Crippen LogP contribution in [0.5, 0.6) is 0 Å². The maximum Gasteiger partial charge on any atom is 0.254 e. The number of carbonyl (C=O) groups is 1. The van der Waals surface area contributed by atoms with E-state index in [-0.39, 0.29) is 16.8 Å². The van der Waals surface area contributed by atoms with E-state index in [1.54, 1.807) is 17.0 Å². The zero-order valence-corrected chi connectivity index (χ0v) is 18.7. The molecule has 0 spiro atoms. The van der Waals surface area contributed by atoms with Gasteiger partial charge in [-0.1, -0.05) is 42.2 Å². The van der Waals surface area contributed by atoms with Crippen molar-refractivity contribution in [2.24, 2.45) is 5.14 Å². The molecule has 166 valence electrons. The Bertz CT molecular complexity index is 1200. The van der Waals surface area contributed by atoms with Gasteiger partial charge in [0.25, 0.3) is 5.91 Å². The third kappa shape index (κ3) is 4.86. The molecular formula is C24H26N4O3S. The highest BCUT2D eigenvalue weighted by Gasteiger charge is 2.33. The summed E-state index contributed by atoms with van der Waals surface area (Å²) >= 11 is 0. The molecule has 32 heavy (non-hydrogen) atoms. The number of carbonyl (C=O) groups excluding carboxylic acids is 1. The number of benzene rings is 2. The highest BCUT2D eigenvalue weighted by Crippen LogP contribution is 2.28. The minimum absolute atomic E-state index is 0.00231. The Hall–Kier alpha value is -3.12. The standard InChI is InChI=1S/C24H26N4O3S/c1-18(20-9-11-21(12-10-20)32(25,30)31)28-17-26-23-13-15-27(16-22(23)24(28)29)14-5-8-19-6-3-2-4-7-19/h2-4,6-7,9-12,18,26H,13-17H2,1H3,(H2,25,30,31). The maximum absolute atomic E-state index is 13.3. The molecule has 3 N–H and O–H groups in total. The summed E-state index contributed by atoms with van der Waals surface area (Å²) in [5, 5.41) is 8.58. The van der Waals surface area contributed by atoms with Crippen molar-refractivity contribution in [3.8, 4) is 11.8 Å². The van der Waals surface area contributed by atoms with Gasteiger partial charge in [-0.3, -0.25) is 9.69 Å². The lowest BCUT2D eigenvalue weighted by Crippen LogP contribution is -2.50. The van der Waals surface area contributed by atoms with Gasteiger partial charge in [0.2, 0.25) is 10.0 Å². The van der Waals surface area contributed by atoms with Gasteiger partial charge >= 0.3 is 0 Å². The first-order chi connectivity index (χ1) is 15.3. The van der Waals surface area contributed by atoms with Gasteiger partial charge < -0.3 is 10.2 Å². The summed E-state index contributed by atoms with van der Waals surface area (Å²) in [4.78, 5) is 17.3. The van der Waals surface area contributed by atoms with Gasteiger partial charge in [0, 0.05) is 30.8 Å². The summed E-state index contributed by atoms with van der Waals surface area (Å²) in [7, 11) is -3.75. The normalized spacial score (nSPS) is 17.8. The van der Waals surface area contributed by atoms with Crippen molar-refractivity contribution in [3.63, 3.8) is 0 Å². The van der Waals surface area contributed by atoms with Gasteiger partial charge in [-0.15, -0.1) is 0 Å². The molecule has 2 aromatic rings. The molecule has 2 aromatic carbocycles. The van der Waals surface area contributed by atoms with Crippen molar-refractivity contribution in [3.05, 3.63) is 77.0 Å². The van der Waals surface area contributed by atoms with Crippen LogP contribution in [0.15, 0.2) is 70.8 Å². The van der Waals surface area contributed by atoms with Gasteiger partial charge in [-0.05, 0) is 36.8 Å².